The van der Waals surface area contributed by atoms with Gasteiger partial charge in [-0.1, -0.05) is 61.7 Å². The van der Waals surface area contributed by atoms with Gasteiger partial charge in [-0.05, 0) is 28.7 Å². The maximum absolute atomic E-state index is 5.58. The molecule has 110 valence electrons. The molecule has 1 aliphatic carbocycles. The molecule has 0 saturated heterocycles. The summed E-state index contributed by atoms with van der Waals surface area (Å²) in [6.07, 6.45) is 4.97. The van der Waals surface area contributed by atoms with E-state index in [2.05, 4.69) is 42.5 Å². The lowest BCUT2D eigenvalue weighted by Gasteiger charge is -2.34. The molecule has 0 radical (unpaired) electrons. The van der Waals surface area contributed by atoms with Crippen LogP contribution in [0.25, 0.3) is 10.8 Å². The lowest BCUT2D eigenvalue weighted by molar-refractivity contribution is 0.244. The monoisotopic (exact) mass is 282 g/mol. The molecule has 21 heavy (non-hydrogen) atoms. The fourth-order valence-corrected chi connectivity index (χ4v) is 3.89. The smallest absolute Gasteiger partial charge is 0.414 e. The predicted molar refractivity (Wildman–Crippen MR) is 88.7 cm³/mol. The van der Waals surface area contributed by atoms with Crippen LogP contribution >= 0.6 is 0 Å². The minimum Gasteiger partial charge on any atom is -0.414 e. The van der Waals surface area contributed by atoms with Crippen molar-refractivity contribution in [2.45, 2.75) is 37.4 Å². The minimum absolute atomic E-state index is 0.103. The Morgan fingerprint density at radius 3 is 2.43 bits per heavy atom. The van der Waals surface area contributed by atoms with Crippen LogP contribution in [0.1, 0.15) is 37.2 Å². The summed E-state index contributed by atoms with van der Waals surface area (Å²) in [5, 5.41) is 2.70. The third kappa shape index (κ3) is 2.85. The summed E-state index contributed by atoms with van der Waals surface area (Å²) in [5.74, 6) is 0.967. The van der Waals surface area contributed by atoms with Gasteiger partial charge in [0.15, 0.2) is 0 Å². The molecule has 3 heteroatoms. The Morgan fingerprint density at radius 1 is 0.905 bits per heavy atom. The van der Waals surface area contributed by atoms with Gasteiger partial charge in [0.1, 0.15) is 0 Å². The van der Waals surface area contributed by atoms with Gasteiger partial charge in [0, 0.05) is 20.0 Å². The fourth-order valence-electron chi connectivity index (χ4n) is 3.89. The van der Waals surface area contributed by atoms with Crippen LogP contribution in [0.2, 0.25) is 5.82 Å². The second kappa shape index (κ2) is 6.63. The Bertz CT molecular complexity index is 589. The Balaban J connectivity index is 2.02. The van der Waals surface area contributed by atoms with E-state index in [0.29, 0.717) is 11.7 Å². The highest BCUT2D eigenvalue weighted by Crippen LogP contribution is 2.45. The molecule has 2 aromatic carbocycles. The van der Waals surface area contributed by atoms with E-state index in [-0.39, 0.29) is 7.12 Å². The van der Waals surface area contributed by atoms with Crippen LogP contribution in [0.3, 0.4) is 0 Å². The van der Waals surface area contributed by atoms with Crippen molar-refractivity contribution in [3.8, 4) is 0 Å². The molecule has 0 N–H and O–H groups in total. The first-order valence-corrected chi connectivity index (χ1v) is 7.88. The first kappa shape index (κ1) is 14.6. The molecular formula is C18H23BO2. The van der Waals surface area contributed by atoms with E-state index >= 15 is 0 Å². The van der Waals surface area contributed by atoms with E-state index in [1.54, 1.807) is 14.2 Å². The van der Waals surface area contributed by atoms with Crippen LogP contribution in [-0.2, 0) is 9.31 Å². The topological polar surface area (TPSA) is 18.5 Å². The average molecular weight is 282 g/mol. The van der Waals surface area contributed by atoms with Gasteiger partial charge < -0.3 is 9.31 Å². The Labute approximate surface area is 127 Å². The predicted octanol–water partition coefficient (Wildman–Crippen LogP) is 4.65. The van der Waals surface area contributed by atoms with Crippen molar-refractivity contribution >= 4 is 17.9 Å². The van der Waals surface area contributed by atoms with E-state index in [1.165, 1.54) is 42.0 Å². The molecular weight excluding hydrogens is 259 g/mol. The normalized spacial score (nSPS) is 22.4. The molecule has 2 nitrogen and oxygen atoms in total. The van der Waals surface area contributed by atoms with Crippen molar-refractivity contribution in [1.82, 2.24) is 0 Å². The SMILES string of the molecule is COB(OC)[C@@H]1CCCC[C@H]1c1cccc2ccccc12. The second-order valence-corrected chi connectivity index (χ2v) is 5.96. The van der Waals surface area contributed by atoms with Crippen LogP contribution < -0.4 is 0 Å². The zero-order chi connectivity index (χ0) is 14.7. The molecule has 3 rings (SSSR count). The summed E-state index contributed by atoms with van der Waals surface area (Å²) in [6.45, 7) is 0. The average Bonchev–Trinajstić information content (AvgIpc) is 2.56. The maximum atomic E-state index is 5.58. The van der Waals surface area contributed by atoms with Crippen LogP contribution in [0, 0.1) is 0 Å². The zero-order valence-electron chi connectivity index (χ0n) is 12.9. The number of hydrogen-bond donors (Lipinski definition) is 0. The highest BCUT2D eigenvalue weighted by atomic mass is 16.6. The second-order valence-electron chi connectivity index (χ2n) is 5.96. The first-order chi connectivity index (χ1) is 10.3. The largest absolute Gasteiger partial charge is 0.460 e. The fraction of sp³-hybridized carbons (Fsp3) is 0.444. The molecule has 2 aromatic rings. The zero-order valence-corrected chi connectivity index (χ0v) is 12.9. The summed E-state index contributed by atoms with van der Waals surface area (Å²) >= 11 is 0. The quantitative estimate of drug-likeness (QED) is 0.760. The van der Waals surface area contributed by atoms with E-state index in [1.807, 2.05) is 0 Å². The third-order valence-electron chi connectivity index (χ3n) is 4.86. The number of fused-ring (bicyclic) bond motifs is 1. The van der Waals surface area contributed by atoms with Crippen LogP contribution in [0.15, 0.2) is 42.5 Å². The Kier molecular flexibility index (Phi) is 4.62. The summed E-state index contributed by atoms with van der Waals surface area (Å²) in [5.41, 5.74) is 1.46. The van der Waals surface area contributed by atoms with Crippen LogP contribution in [0.5, 0.6) is 0 Å². The molecule has 0 heterocycles. The lowest BCUT2D eigenvalue weighted by atomic mass is 9.57. The van der Waals surface area contributed by atoms with Crippen molar-refractivity contribution < 1.29 is 9.31 Å². The van der Waals surface area contributed by atoms with Crippen LogP contribution in [0.4, 0.5) is 0 Å². The van der Waals surface area contributed by atoms with Gasteiger partial charge in [0.05, 0.1) is 0 Å². The molecule has 0 spiro atoms. The van der Waals surface area contributed by atoms with Crippen molar-refractivity contribution in [3.05, 3.63) is 48.0 Å². The van der Waals surface area contributed by atoms with Crippen LogP contribution in [-0.4, -0.2) is 21.3 Å². The molecule has 0 bridgehead atoms. The summed E-state index contributed by atoms with van der Waals surface area (Å²) in [4.78, 5) is 0. The maximum Gasteiger partial charge on any atom is 0.460 e. The lowest BCUT2D eigenvalue weighted by Crippen LogP contribution is -2.32. The van der Waals surface area contributed by atoms with Crippen molar-refractivity contribution in [2.75, 3.05) is 14.2 Å². The van der Waals surface area contributed by atoms with Crippen molar-refractivity contribution in [1.29, 1.82) is 0 Å². The number of rotatable bonds is 4. The Hall–Kier alpha value is -1.32. The van der Waals surface area contributed by atoms with Gasteiger partial charge in [0.25, 0.3) is 0 Å². The van der Waals surface area contributed by atoms with Gasteiger partial charge >= 0.3 is 7.12 Å². The molecule has 0 aliphatic heterocycles. The van der Waals surface area contributed by atoms with Gasteiger partial charge in [-0.3, -0.25) is 0 Å². The molecule has 0 unspecified atom stereocenters. The minimum atomic E-state index is -0.103. The molecule has 1 saturated carbocycles. The highest BCUT2D eigenvalue weighted by molar-refractivity contribution is 6.46. The number of benzene rings is 2. The Morgan fingerprint density at radius 2 is 1.62 bits per heavy atom. The summed E-state index contributed by atoms with van der Waals surface area (Å²) in [7, 11) is 3.40. The molecule has 0 aromatic heterocycles. The third-order valence-corrected chi connectivity index (χ3v) is 4.86. The van der Waals surface area contributed by atoms with Crippen molar-refractivity contribution in [3.63, 3.8) is 0 Å². The van der Waals surface area contributed by atoms with E-state index in [0.717, 1.165) is 0 Å². The summed E-state index contributed by atoms with van der Waals surface area (Å²) in [6, 6.07) is 15.3. The standard InChI is InChI=1S/C18H23BO2/c1-20-19(21-2)18-13-6-5-11-17(18)16-12-7-9-14-8-3-4-10-15(14)16/h3-4,7-10,12,17-18H,5-6,11,13H2,1-2H3/t17-,18+/m0/s1. The van der Waals surface area contributed by atoms with Gasteiger partial charge in [-0.15, -0.1) is 0 Å². The number of hydrogen-bond acceptors (Lipinski definition) is 2. The van der Waals surface area contributed by atoms with E-state index in [9.17, 15) is 0 Å². The first-order valence-electron chi connectivity index (χ1n) is 7.88. The van der Waals surface area contributed by atoms with E-state index in [4.69, 9.17) is 9.31 Å². The molecule has 0 amide bonds. The van der Waals surface area contributed by atoms with Gasteiger partial charge in [-0.25, -0.2) is 0 Å². The summed E-state index contributed by atoms with van der Waals surface area (Å²) < 4.78 is 11.2. The highest BCUT2D eigenvalue weighted by Gasteiger charge is 2.38. The van der Waals surface area contributed by atoms with Crippen molar-refractivity contribution in [2.24, 2.45) is 0 Å². The molecule has 1 aliphatic rings. The molecule has 2 atom stereocenters. The molecule has 1 fully saturated rings. The van der Waals surface area contributed by atoms with E-state index < -0.39 is 0 Å². The van der Waals surface area contributed by atoms with Gasteiger partial charge in [-0.2, -0.15) is 0 Å². The van der Waals surface area contributed by atoms with Gasteiger partial charge in [0.2, 0.25) is 0 Å².